The number of carbonyl (C=O) groups excluding carboxylic acids is 1. The minimum Gasteiger partial charge on any atom is -0.475 e. The number of nitro benzene ring substituents is 1. The molecular formula is C13H15N3O8. The van der Waals surface area contributed by atoms with Crippen LogP contribution in [0.1, 0.15) is 20.8 Å². The van der Waals surface area contributed by atoms with Gasteiger partial charge in [-0.2, -0.15) is 0 Å². The van der Waals surface area contributed by atoms with Crippen molar-refractivity contribution in [2.45, 2.75) is 32.5 Å². The first-order valence-electron chi connectivity index (χ1n) is 6.57. The van der Waals surface area contributed by atoms with Crippen molar-refractivity contribution in [1.29, 1.82) is 0 Å². The third kappa shape index (κ3) is 4.63. The van der Waals surface area contributed by atoms with E-state index < -0.39 is 33.7 Å². The van der Waals surface area contributed by atoms with Crippen LogP contribution in [0.2, 0.25) is 0 Å². The first-order chi connectivity index (χ1) is 10.9. The van der Waals surface area contributed by atoms with Crippen LogP contribution in [0.4, 0.5) is 16.2 Å². The van der Waals surface area contributed by atoms with Crippen LogP contribution in [0, 0.1) is 20.2 Å². The standard InChI is InChI=1S/C13H15N3O8/c1-13(2,3)24-12(19)14(10(11(17)18)16(22)23)8-4-6-9(7-5-8)15(20)21/h4-7,10H,1-3H3,(H,17,18)/t10-/m0/s1. The molecule has 0 aliphatic rings. The molecule has 130 valence electrons. The van der Waals surface area contributed by atoms with Crippen LogP contribution in [-0.2, 0) is 9.53 Å². The summed E-state index contributed by atoms with van der Waals surface area (Å²) in [6.07, 6.45) is -3.71. The lowest BCUT2D eigenvalue weighted by Crippen LogP contribution is -2.51. The minimum absolute atomic E-state index is 0.223. The van der Waals surface area contributed by atoms with Gasteiger partial charge in [0.15, 0.2) is 0 Å². The molecule has 24 heavy (non-hydrogen) atoms. The number of hydrogen-bond acceptors (Lipinski definition) is 7. The minimum atomic E-state index is -2.44. The molecule has 1 N–H and O–H groups in total. The fraction of sp³-hybridized carbons (Fsp3) is 0.385. The Morgan fingerprint density at radius 3 is 2.00 bits per heavy atom. The summed E-state index contributed by atoms with van der Waals surface area (Å²) in [5.74, 6) is -1.88. The lowest BCUT2D eigenvalue weighted by Gasteiger charge is -2.27. The predicted octanol–water partition coefficient (Wildman–Crippen LogP) is 2.02. The fourth-order valence-corrected chi connectivity index (χ4v) is 1.69. The van der Waals surface area contributed by atoms with Crippen LogP contribution < -0.4 is 4.90 Å². The van der Waals surface area contributed by atoms with Crippen LogP contribution in [0.3, 0.4) is 0 Å². The van der Waals surface area contributed by atoms with E-state index in [4.69, 9.17) is 9.84 Å². The van der Waals surface area contributed by atoms with Gasteiger partial charge in [-0.1, -0.05) is 0 Å². The zero-order valence-corrected chi connectivity index (χ0v) is 13.0. The third-order valence-corrected chi connectivity index (χ3v) is 2.59. The summed E-state index contributed by atoms with van der Waals surface area (Å²) < 4.78 is 5.00. The lowest BCUT2D eigenvalue weighted by molar-refractivity contribution is -0.507. The number of carboxylic acid groups (broad SMARTS) is 1. The SMILES string of the molecule is CC(C)(C)OC(=O)N(c1ccc([N+](=O)[O-])cc1)[C@H](C(=O)O)[N+](=O)[O-]. The molecule has 1 aromatic rings. The van der Waals surface area contributed by atoms with E-state index in [-0.39, 0.29) is 11.4 Å². The topological polar surface area (TPSA) is 153 Å². The first-order valence-corrected chi connectivity index (χ1v) is 6.57. The summed E-state index contributed by atoms with van der Waals surface area (Å²) in [4.78, 5) is 43.6. The van der Waals surface area contributed by atoms with Crippen molar-refractivity contribution in [1.82, 2.24) is 0 Å². The first kappa shape index (κ1) is 18.8. The molecule has 0 fully saturated rings. The van der Waals surface area contributed by atoms with Crippen LogP contribution in [0.15, 0.2) is 24.3 Å². The van der Waals surface area contributed by atoms with E-state index in [9.17, 15) is 29.8 Å². The summed E-state index contributed by atoms with van der Waals surface area (Å²) in [6.45, 7) is 4.50. The van der Waals surface area contributed by atoms with Crippen LogP contribution in [0.5, 0.6) is 0 Å². The summed E-state index contributed by atoms with van der Waals surface area (Å²) >= 11 is 0. The van der Waals surface area contributed by atoms with Gasteiger partial charge in [0.25, 0.3) is 5.69 Å². The number of ether oxygens (including phenoxy) is 1. The zero-order valence-electron chi connectivity index (χ0n) is 13.0. The Labute approximate surface area is 135 Å². The molecule has 1 rings (SSSR count). The van der Waals surface area contributed by atoms with Gasteiger partial charge in [0.2, 0.25) is 0 Å². The van der Waals surface area contributed by atoms with Crippen LogP contribution in [-0.4, -0.2) is 38.8 Å². The van der Waals surface area contributed by atoms with E-state index in [1.54, 1.807) is 0 Å². The monoisotopic (exact) mass is 341 g/mol. The van der Waals surface area contributed by atoms with E-state index in [0.29, 0.717) is 4.90 Å². The Kier molecular flexibility index (Phi) is 5.40. The largest absolute Gasteiger partial charge is 0.475 e. The van der Waals surface area contributed by atoms with Gasteiger partial charge in [-0.3, -0.25) is 20.2 Å². The summed E-state index contributed by atoms with van der Waals surface area (Å²) in [6, 6.07) is 4.04. The van der Waals surface area contributed by atoms with Crippen molar-refractivity contribution < 1.29 is 29.3 Å². The summed E-state index contributed by atoms with van der Waals surface area (Å²) in [5.41, 5.74) is -1.58. The Bertz CT molecular complexity index is 651. The van der Waals surface area contributed by atoms with Crippen LogP contribution in [0.25, 0.3) is 0 Å². The van der Waals surface area contributed by atoms with Gasteiger partial charge in [0.1, 0.15) is 5.60 Å². The van der Waals surface area contributed by atoms with Gasteiger partial charge in [0.05, 0.1) is 15.5 Å². The summed E-state index contributed by atoms with van der Waals surface area (Å²) in [5, 5.41) is 30.8. The maximum absolute atomic E-state index is 12.2. The highest BCUT2D eigenvalue weighted by Gasteiger charge is 2.43. The summed E-state index contributed by atoms with van der Waals surface area (Å²) in [7, 11) is 0. The Balaban J connectivity index is 3.36. The molecule has 0 aliphatic carbocycles. The molecular weight excluding hydrogens is 326 g/mol. The van der Waals surface area contributed by atoms with Crippen molar-refractivity contribution in [3.8, 4) is 0 Å². The average molecular weight is 341 g/mol. The number of non-ortho nitro benzene ring substituents is 1. The smallest absolute Gasteiger partial charge is 0.420 e. The number of anilines is 1. The fourth-order valence-electron chi connectivity index (χ4n) is 1.69. The number of nitro groups is 2. The highest BCUT2D eigenvalue weighted by molar-refractivity contribution is 5.94. The van der Waals surface area contributed by atoms with E-state index in [1.165, 1.54) is 20.8 Å². The van der Waals surface area contributed by atoms with E-state index in [1.807, 2.05) is 0 Å². The molecule has 0 saturated carbocycles. The number of carbonyl (C=O) groups is 2. The molecule has 0 bridgehead atoms. The van der Waals surface area contributed by atoms with Gasteiger partial charge in [-0.05, 0) is 32.9 Å². The number of rotatable bonds is 5. The Morgan fingerprint density at radius 1 is 1.17 bits per heavy atom. The molecule has 1 aromatic carbocycles. The zero-order chi connectivity index (χ0) is 18.7. The van der Waals surface area contributed by atoms with Gasteiger partial charge >= 0.3 is 18.2 Å². The molecule has 11 nitrogen and oxygen atoms in total. The molecule has 0 heterocycles. The van der Waals surface area contributed by atoms with Gasteiger partial charge in [-0.25, -0.2) is 14.5 Å². The Morgan fingerprint density at radius 2 is 1.67 bits per heavy atom. The Hall–Kier alpha value is -3.24. The molecule has 1 amide bonds. The van der Waals surface area contributed by atoms with Crippen molar-refractivity contribution in [3.63, 3.8) is 0 Å². The molecule has 0 unspecified atom stereocenters. The molecule has 11 heteroatoms. The van der Waals surface area contributed by atoms with Gasteiger partial charge < -0.3 is 9.84 Å². The van der Waals surface area contributed by atoms with Crippen molar-refractivity contribution in [2.75, 3.05) is 4.90 Å². The van der Waals surface area contributed by atoms with E-state index >= 15 is 0 Å². The van der Waals surface area contributed by atoms with Gasteiger partial charge in [0, 0.05) is 12.1 Å². The maximum Gasteiger partial charge on any atom is 0.420 e. The number of aliphatic carboxylic acids is 1. The number of benzene rings is 1. The van der Waals surface area contributed by atoms with E-state index in [2.05, 4.69) is 0 Å². The molecule has 0 saturated heterocycles. The average Bonchev–Trinajstić information content (AvgIpc) is 2.41. The van der Waals surface area contributed by atoms with Crippen molar-refractivity contribution in [2.24, 2.45) is 0 Å². The predicted molar refractivity (Wildman–Crippen MR) is 80.2 cm³/mol. The highest BCUT2D eigenvalue weighted by atomic mass is 16.6. The molecule has 0 radical (unpaired) electrons. The van der Waals surface area contributed by atoms with Crippen molar-refractivity contribution >= 4 is 23.4 Å². The normalized spacial score (nSPS) is 12.1. The number of carboxylic acids is 1. The second-order valence-electron chi connectivity index (χ2n) is 5.62. The lowest BCUT2D eigenvalue weighted by atomic mass is 10.2. The quantitative estimate of drug-likeness (QED) is 0.485. The number of hydrogen-bond donors (Lipinski definition) is 1. The molecule has 0 aromatic heterocycles. The van der Waals surface area contributed by atoms with E-state index in [0.717, 1.165) is 24.3 Å². The third-order valence-electron chi connectivity index (χ3n) is 2.59. The molecule has 1 atom stereocenters. The van der Waals surface area contributed by atoms with Crippen molar-refractivity contribution in [3.05, 3.63) is 44.5 Å². The van der Waals surface area contributed by atoms with Gasteiger partial charge in [-0.15, -0.1) is 0 Å². The highest BCUT2D eigenvalue weighted by Crippen LogP contribution is 2.24. The second-order valence-corrected chi connectivity index (χ2v) is 5.62. The van der Waals surface area contributed by atoms with Crippen LogP contribution >= 0.6 is 0 Å². The number of nitrogens with zero attached hydrogens (tertiary/aromatic N) is 3. The molecule has 0 spiro atoms. The maximum atomic E-state index is 12.2. The second kappa shape index (κ2) is 6.89. The molecule has 0 aliphatic heterocycles. The number of amides is 1.